The van der Waals surface area contributed by atoms with Gasteiger partial charge in [0.05, 0.1) is 6.04 Å². The first-order valence-corrected chi connectivity index (χ1v) is 8.54. The van der Waals surface area contributed by atoms with Crippen LogP contribution in [0.5, 0.6) is 0 Å². The molecule has 1 N–H and O–H groups in total. The largest absolute Gasteiger partial charge is 0.598 e. The summed E-state index contributed by atoms with van der Waals surface area (Å²) in [5.74, 6) is 0. The minimum Gasteiger partial charge on any atom is -0.598 e. The van der Waals surface area contributed by atoms with E-state index in [4.69, 9.17) is 0 Å². The standard InChI is InChI=1S/C15H20N2OS2/c1-11(17-20(18)15(2,3)4)13-10-16-14(19-13)12-8-6-5-7-9-12/h5-11,17H,1-4H3/t11?,20-/m0/s1. The highest BCUT2D eigenvalue weighted by molar-refractivity contribution is 7.90. The van der Waals surface area contributed by atoms with Crippen LogP contribution in [0.3, 0.4) is 0 Å². The van der Waals surface area contributed by atoms with E-state index in [1.165, 1.54) is 0 Å². The van der Waals surface area contributed by atoms with Crippen LogP contribution in [0.4, 0.5) is 0 Å². The van der Waals surface area contributed by atoms with Crippen LogP contribution in [-0.2, 0) is 11.4 Å². The molecule has 0 aliphatic rings. The fraction of sp³-hybridized carbons (Fsp3) is 0.400. The molecule has 20 heavy (non-hydrogen) atoms. The zero-order valence-corrected chi connectivity index (χ0v) is 13.8. The number of hydrogen-bond acceptors (Lipinski definition) is 4. The fourth-order valence-corrected chi connectivity index (χ4v) is 3.40. The van der Waals surface area contributed by atoms with E-state index in [9.17, 15) is 4.55 Å². The van der Waals surface area contributed by atoms with E-state index >= 15 is 0 Å². The summed E-state index contributed by atoms with van der Waals surface area (Å²) in [4.78, 5) is 5.56. The summed E-state index contributed by atoms with van der Waals surface area (Å²) in [6.07, 6.45) is 1.87. The average molecular weight is 308 g/mol. The lowest BCUT2D eigenvalue weighted by Crippen LogP contribution is -2.40. The Bertz CT molecular complexity index is 549. The van der Waals surface area contributed by atoms with Crippen LogP contribution < -0.4 is 4.72 Å². The molecule has 0 saturated heterocycles. The van der Waals surface area contributed by atoms with Crippen LogP contribution >= 0.6 is 11.3 Å². The topological polar surface area (TPSA) is 48.0 Å². The van der Waals surface area contributed by atoms with Gasteiger partial charge in [-0.2, -0.15) is 0 Å². The molecule has 0 aliphatic heterocycles. The quantitative estimate of drug-likeness (QED) is 0.871. The Hall–Kier alpha value is -0.880. The third-order valence-electron chi connectivity index (χ3n) is 2.81. The number of aromatic nitrogens is 1. The fourth-order valence-electron chi connectivity index (χ4n) is 1.60. The predicted octanol–water partition coefficient (Wildman–Crippen LogP) is 3.92. The van der Waals surface area contributed by atoms with Crippen molar-refractivity contribution in [1.29, 1.82) is 0 Å². The second-order valence-corrected chi connectivity index (χ2v) is 8.71. The molecule has 0 bridgehead atoms. The van der Waals surface area contributed by atoms with Gasteiger partial charge in [-0.25, -0.2) is 4.98 Å². The van der Waals surface area contributed by atoms with Crippen LogP contribution in [0.25, 0.3) is 10.6 Å². The molecular weight excluding hydrogens is 288 g/mol. The Morgan fingerprint density at radius 1 is 1.25 bits per heavy atom. The maximum atomic E-state index is 12.1. The van der Waals surface area contributed by atoms with Gasteiger partial charge < -0.3 is 4.55 Å². The molecule has 1 aromatic heterocycles. The molecule has 0 spiro atoms. The average Bonchev–Trinajstić information content (AvgIpc) is 2.88. The first kappa shape index (κ1) is 15.5. The predicted molar refractivity (Wildman–Crippen MR) is 87.0 cm³/mol. The third kappa shape index (κ3) is 3.82. The summed E-state index contributed by atoms with van der Waals surface area (Å²) >= 11 is 0.564. The Labute approximate surface area is 127 Å². The van der Waals surface area contributed by atoms with Crippen LogP contribution in [0, 0.1) is 0 Å². The Morgan fingerprint density at radius 2 is 1.90 bits per heavy atom. The smallest absolute Gasteiger partial charge is 0.136 e. The molecule has 1 heterocycles. The molecule has 0 amide bonds. The molecule has 0 fully saturated rings. The normalized spacial score (nSPS) is 15.1. The molecule has 0 saturated carbocycles. The van der Waals surface area contributed by atoms with Gasteiger partial charge in [0.25, 0.3) is 0 Å². The lowest BCUT2D eigenvalue weighted by atomic mass is 10.2. The lowest BCUT2D eigenvalue weighted by molar-refractivity contribution is 0.532. The number of benzene rings is 1. The zero-order chi connectivity index (χ0) is 14.8. The number of rotatable bonds is 4. The van der Waals surface area contributed by atoms with Crippen molar-refractivity contribution in [2.75, 3.05) is 0 Å². The molecule has 2 aromatic rings. The number of nitrogens with one attached hydrogen (secondary N) is 1. The Morgan fingerprint density at radius 3 is 2.50 bits per heavy atom. The van der Waals surface area contributed by atoms with Crippen molar-refractivity contribution >= 4 is 22.7 Å². The molecular formula is C15H20N2OS2. The van der Waals surface area contributed by atoms with Crippen molar-refractivity contribution in [3.63, 3.8) is 0 Å². The van der Waals surface area contributed by atoms with Gasteiger partial charge in [0, 0.05) is 28.0 Å². The first-order chi connectivity index (χ1) is 9.38. The summed E-state index contributed by atoms with van der Waals surface area (Å²) in [6, 6.07) is 10.1. The summed E-state index contributed by atoms with van der Waals surface area (Å²) < 4.78 is 15.0. The first-order valence-electron chi connectivity index (χ1n) is 6.57. The van der Waals surface area contributed by atoms with Gasteiger partial charge in [-0.3, -0.25) is 0 Å². The van der Waals surface area contributed by atoms with Crippen molar-refractivity contribution in [2.24, 2.45) is 0 Å². The van der Waals surface area contributed by atoms with E-state index in [2.05, 4.69) is 9.71 Å². The van der Waals surface area contributed by atoms with Crippen molar-refractivity contribution in [3.8, 4) is 10.6 Å². The molecule has 1 aromatic carbocycles. The Kier molecular flexibility index (Phi) is 4.86. The van der Waals surface area contributed by atoms with Gasteiger partial charge in [-0.15, -0.1) is 16.1 Å². The van der Waals surface area contributed by atoms with E-state index in [0.29, 0.717) is 0 Å². The van der Waals surface area contributed by atoms with Gasteiger partial charge in [0.1, 0.15) is 9.75 Å². The van der Waals surface area contributed by atoms with Crippen LogP contribution in [0.15, 0.2) is 36.5 Å². The van der Waals surface area contributed by atoms with Gasteiger partial charge >= 0.3 is 0 Å². The van der Waals surface area contributed by atoms with Crippen molar-refractivity contribution in [2.45, 2.75) is 38.5 Å². The van der Waals surface area contributed by atoms with Crippen molar-refractivity contribution < 1.29 is 4.55 Å². The van der Waals surface area contributed by atoms with E-state index in [-0.39, 0.29) is 10.8 Å². The molecule has 2 rings (SSSR count). The minimum atomic E-state index is -1.07. The number of hydrogen-bond donors (Lipinski definition) is 1. The highest BCUT2D eigenvalue weighted by atomic mass is 32.2. The monoisotopic (exact) mass is 308 g/mol. The molecule has 5 heteroatoms. The molecule has 3 nitrogen and oxygen atoms in total. The maximum absolute atomic E-state index is 12.1. The minimum absolute atomic E-state index is 0.0324. The van der Waals surface area contributed by atoms with E-state index < -0.39 is 11.4 Å². The molecule has 2 atom stereocenters. The third-order valence-corrected chi connectivity index (χ3v) is 5.72. The van der Waals surface area contributed by atoms with Gasteiger partial charge in [-0.1, -0.05) is 30.3 Å². The van der Waals surface area contributed by atoms with Crippen molar-refractivity contribution in [1.82, 2.24) is 9.71 Å². The molecule has 1 unspecified atom stereocenters. The number of nitrogens with zero attached hydrogens (tertiary/aromatic N) is 1. The second kappa shape index (κ2) is 6.26. The van der Waals surface area contributed by atoms with Crippen LogP contribution in [-0.4, -0.2) is 14.3 Å². The highest BCUT2D eigenvalue weighted by Crippen LogP contribution is 2.29. The second-order valence-electron chi connectivity index (χ2n) is 5.65. The summed E-state index contributed by atoms with van der Waals surface area (Å²) in [7, 11) is 0. The molecule has 0 aliphatic carbocycles. The van der Waals surface area contributed by atoms with Crippen LogP contribution in [0.1, 0.15) is 38.6 Å². The SMILES string of the molecule is CC(N[S@@+]([O-])C(C)(C)C)c1cnc(-c2ccccc2)s1. The van der Waals surface area contributed by atoms with E-state index in [1.807, 2.05) is 64.2 Å². The maximum Gasteiger partial charge on any atom is 0.136 e. The van der Waals surface area contributed by atoms with Crippen molar-refractivity contribution in [3.05, 3.63) is 41.4 Å². The summed E-state index contributed by atoms with van der Waals surface area (Å²) in [5.41, 5.74) is 1.12. The lowest BCUT2D eigenvalue weighted by Gasteiger charge is -2.25. The van der Waals surface area contributed by atoms with E-state index in [0.717, 1.165) is 15.4 Å². The molecule has 108 valence electrons. The van der Waals surface area contributed by atoms with Gasteiger partial charge in [0.2, 0.25) is 0 Å². The van der Waals surface area contributed by atoms with Gasteiger partial charge in [0.15, 0.2) is 0 Å². The summed E-state index contributed by atoms with van der Waals surface area (Å²) in [6.45, 7) is 7.91. The van der Waals surface area contributed by atoms with Gasteiger partial charge in [-0.05, 0) is 27.7 Å². The molecule has 0 radical (unpaired) electrons. The highest BCUT2D eigenvalue weighted by Gasteiger charge is 2.28. The van der Waals surface area contributed by atoms with Crippen LogP contribution in [0.2, 0.25) is 0 Å². The Balaban J connectivity index is 2.09. The van der Waals surface area contributed by atoms with E-state index in [1.54, 1.807) is 11.3 Å². The zero-order valence-electron chi connectivity index (χ0n) is 12.2. The number of thiazole rings is 1. The summed E-state index contributed by atoms with van der Waals surface area (Å²) in [5, 5.41) is 0.996.